The van der Waals surface area contributed by atoms with Crippen molar-refractivity contribution in [3.8, 4) is 0 Å². The van der Waals surface area contributed by atoms with E-state index in [1.165, 1.54) is 5.56 Å². The minimum absolute atomic E-state index is 0.0510. The third-order valence-corrected chi connectivity index (χ3v) is 9.66. The predicted octanol–water partition coefficient (Wildman–Crippen LogP) is 6.09. The van der Waals surface area contributed by atoms with E-state index in [1.807, 2.05) is 29.7 Å². The highest BCUT2D eigenvalue weighted by Crippen LogP contribution is 2.39. The molecule has 3 aliphatic rings. The van der Waals surface area contributed by atoms with Gasteiger partial charge in [-0.15, -0.1) is 0 Å². The molecule has 216 valence electrons. The van der Waals surface area contributed by atoms with Gasteiger partial charge in [-0.25, -0.2) is 9.78 Å². The molecule has 2 aromatic rings. The number of hydrogen-bond donors (Lipinski definition) is 0. The molecule has 3 amide bonds. The summed E-state index contributed by atoms with van der Waals surface area (Å²) in [6, 6.07) is 12.8. The lowest BCUT2D eigenvalue weighted by atomic mass is 9.85. The van der Waals surface area contributed by atoms with Gasteiger partial charge in [0, 0.05) is 49.8 Å². The van der Waals surface area contributed by atoms with Crippen LogP contribution in [0.15, 0.2) is 36.4 Å². The molecular weight excluding hydrogens is 522 g/mol. The van der Waals surface area contributed by atoms with Crippen LogP contribution in [0, 0.1) is 13.8 Å². The maximum atomic E-state index is 13.8. The summed E-state index contributed by atoms with van der Waals surface area (Å²) in [5.41, 5.74) is 3.32. The number of urea groups is 1. The normalized spacial score (nSPS) is 22.7. The van der Waals surface area contributed by atoms with E-state index in [9.17, 15) is 9.59 Å². The van der Waals surface area contributed by atoms with Crippen LogP contribution in [-0.4, -0.2) is 86.4 Å². The fourth-order valence-electron chi connectivity index (χ4n) is 6.98. The number of carbonyl (C=O) groups excluding carboxylic acids is 2. The predicted molar refractivity (Wildman–Crippen MR) is 160 cm³/mol. The molecule has 0 radical (unpaired) electrons. The molecule has 0 saturated carbocycles. The van der Waals surface area contributed by atoms with Crippen molar-refractivity contribution in [3.63, 3.8) is 0 Å². The Bertz CT molecular complexity index is 1220. The Morgan fingerprint density at radius 3 is 2.23 bits per heavy atom. The summed E-state index contributed by atoms with van der Waals surface area (Å²) in [7, 11) is 0. The summed E-state index contributed by atoms with van der Waals surface area (Å²) < 4.78 is 0. The molecule has 0 aliphatic carbocycles. The van der Waals surface area contributed by atoms with Gasteiger partial charge in [-0.2, -0.15) is 0 Å². The van der Waals surface area contributed by atoms with Crippen molar-refractivity contribution >= 4 is 23.5 Å². The van der Waals surface area contributed by atoms with Gasteiger partial charge >= 0.3 is 6.03 Å². The number of aromatic nitrogens is 1. The zero-order valence-corrected chi connectivity index (χ0v) is 25.7. The lowest BCUT2D eigenvalue weighted by Crippen LogP contribution is -2.58. The Morgan fingerprint density at radius 2 is 1.65 bits per heavy atom. The highest BCUT2D eigenvalue weighted by molar-refractivity contribution is 6.29. The van der Waals surface area contributed by atoms with Gasteiger partial charge in [0.1, 0.15) is 5.15 Å². The van der Waals surface area contributed by atoms with Crippen LogP contribution < -0.4 is 0 Å². The fourth-order valence-corrected chi connectivity index (χ4v) is 7.27. The highest BCUT2D eigenvalue weighted by Gasteiger charge is 2.47. The molecule has 1 aromatic heterocycles. The third-order valence-electron chi connectivity index (χ3n) is 9.47. The molecule has 1 atom stereocenters. The quantitative estimate of drug-likeness (QED) is 0.421. The average Bonchev–Trinajstić information content (AvgIpc) is 3.26. The van der Waals surface area contributed by atoms with Crippen LogP contribution in [0.5, 0.6) is 0 Å². The Balaban J connectivity index is 1.24. The van der Waals surface area contributed by atoms with Gasteiger partial charge in [-0.05, 0) is 84.4 Å². The number of likely N-dealkylation sites (tertiary alicyclic amines) is 2. The largest absolute Gasteiger partial charge is 0.338 e. The number of nitrogens with zero attached hydrogens (tertiary/aromatic N) is 5. The molecule has 1 aromatic carbocycles. The fraction of sp³-hybridized carbons (Fsp3) is 0.594. The van der Waals surface area contributed by atoms with E-state index in [1.54, 1.807) is 6.07 Å². The van der Waals surface area contributed by atoms with Crippen LogP contribution in [0.25, 0.3) is 0 Å². The molecule has 0 spiro atoms. The minimum Gasteiger partial charge on any atom is -0.338 e. The van der Waals surface area contributed by atoms with Crippen molar-refractivity contribution in [2.24, 2.45) is 0 Å². The van der Waals surface area contributed by atoms with Gasteiger partial charge in [0.2, 0.25) is 0 Å². The summed E-state index contributed by atoms with van der Waals surface area (Å²) in [6.45, 7) is 16.7. The molecule has 0 unspecified atom stereocenters. The van der Waals surface area contributed by atoms with Crippen molar-refractivity contribution < 1.29 is 9.59 Å². The first-order valence-corrected chi connectivity index (χ1v) is 15.1. The van der Waals surface area contributed by atoms with Crippen LogP contribution in [-0.2, 0) is 0 Å². The molecule has 40 heavy (non-hydrogen) atoms. The number of amides is 3. The topological polar surface area (TPSA) is 60.0 Å². The number of rotatable bonds is 4. The Morgan fingerprint density at radius 1 is 1.02 bits per heavy atom. The summed E-state index contributed by atoms with van der Waals surface area (Å²) in [6.07, 6.45) is 3.82. The first-order chi connectivity index (χ1) is 18.9. The molecule has 4 heterocycles. The molecule has 0 N–H and O–H groups in total. The standard InChI is InChI=1S/C32H44ClN5O2/c1-22-20-27(33)34-23(2)28(22)29(39)35-18-14-32(6,15-19-35)36-16-12-25(13-17-36)38-26(24-10-8-7-9-11-24)21-37(30(38)40)31(3,4)5/h7-11,20,25-26H,12-19,21H2,1-6H3/t26-/m0/s1. The van der Waals surface area contributed by atoms with Crippen molar-refractivity contribution in [2.75, 3.05) is 32.7 Å². The van der Waals surface area contributed by atoms with Gasteiger partial charge in [0.15, 0.2) is 0 Å². The second-order valence-corrected chi connectivity index (χ2v) is 13.5. The number of halogens is 1. The van der Waals surface area contributed by atoms with Crippen LogP contribution >= 0.6 is 11.6 Å². The van der Waals surface area contributed by atoms with E-state index in [4.69, 9.17) is 11.6 Å². The van der Waals surface area contributed by atoms with Crippen molar-refractivity contribution in [1.82, 2.24) is 24.6 Å². The number of piperidine rings is 2. The molecule has 7 nitrogen and oxygen atoms in total. The van der Waals surface area contributed by atoms with E-state index in [0.717, 1.165) is 64.0 Å². The molecule has 5 rings (SSSR count). The number of aryl methyl sites for hydroxylation is 2. The van der Waals surface area contributed by atoms with Crippen molar-refractivity contribution in [3.05, 3.63) is 63.9 Å². The van der Waals surface area contributed by atoms with Gasteiger partial charge in [0.05, 0.1) is 17.3 Å². The van der Waals surface area contributed by atoms with Crippen LogP contribution in [0.2, 0.25) is 5.15 Å². The summed E-state index contributed by atoms with van der Waals surface area (Å²) in [5.74, 6) is 0.0582. The lowest BCUT2D eigenvalue weighted by Gasteiger charge is -2.50. The second-order valence-electron chi connectivity index (χ2n) is 13.1. The van der Waals surface area contributed by atoms with E-state index in [-0.39, 0.29) is 35.1 Å². The molecule has 3 aliphatic heterocycles. The van der Waals surface area contributed by atoms with E-state index in [2.05, 4.69) is 66.7 Å². The maximum absolute atomic E-state index is 13.8. The first kappa shape index (κ1) is 28.9. The van der Waals surface area contributed by atoms with Crippen molar-refractivity contribution in [1.29, 1.82) is 0 Å². The van der Waals surface area contributed by atoms with Gasteiger partial charge in [0.25, 0.3) is 5.91 Å². The van der Waals surface area contributed by atoms with Gasteiger partial charge < -0.3 is 14.7 Å². The smallest absolute Gasteiger partial charge is 0.321 e. The second kappa shape index (κ2) is 11.0. The SMILES string of the molecule is Cc1cc(Cl)nc(C)c1C(=O)N1CCC(C)(N2CCC(N3C(=O)N(C(C)(C)C)C[C@H]3c3ccccc3)CC2)CC1. The highest BCUT2D eigenvalue weighted by atomic mass is 35.5. The van der Waals surface area contributed by atoms with Crippen molar-refractivity contribution in [2.45, 2.75) is 90.4 Å². The average molecular weight is 566 g/mol. The van der Waals surface area contributed by atoms with E-state index < -0.39 is 0 Å². The van der Waals surface area contributed by atoms with Gasteiger partial charge in [-0.3, -0.25) is 9.69 Å². The molecular formula is C32H44ClN5O2. The number of hydrogen-bond acceptors (Lipinski definition) is 4. The van der Waals surface area contributed by atoms with Crippen LogP contribution in [0.1, 0.15) is 86.6 Å². The number of carbonyl (C=O) groups is 2. The van der Waals surface area contributed by atoms with E-state index >= 15 is 0 Å². The minimum atomic E-state index is -0.211. The zero-order valence-electron chi connectivity index (χ0n) is 24.9. The number of pyridine rings is 1. The van der Waals surface area contributed by atoms with Crippen LogP contribution in [0.4, 0.5) is 4.79 Å². The Labute approximate surface area is 244 Å². The molecule has 0 bridgehead atoms. The summed E-state index contributed by atoms with van der Waals surface area (Å²) in [4.78, 5) is 40.3. The lowest BCUT2D eigenvalue weighted by molar-refractivity contribution is 0.00482. The van der Waals surface area contributed by atoms with E-state index in [0.29, 0.717) is 16.4 Å². The molecule has 3 fully saturated rings. The van der Waals surface area contributed by atoms with Gasteiger partial charge in [-0.1, -0.05) is 41.9 Å². The van der Waals surface area contributed by atoms with Crippen LogP contribution in [0.3, 0.4) is 0 Å². The monoisotopic (exact) mass is 565 g/mol. The molecule has 8 heteroatoms. The maximum Gasteiger partial charge on any atom is 0.321 e. The Hall–Kier alpha value is -2.64. The third kappa shape index (κ3) is 5.47. The molecule has 3 saturated heterocycles. The number of benzene rings is 1. The Kier molecular flexibility index (Phi) is 7.92. The summed E-state index contributed by atoms with van der Waals surface area (Å²) >= 11 is 6.10. The first-order valence-electron chi connectivity index (χ1n) is 14.7. The summed E-state index contributed by atoms with van der Waals surface area (Å²) in [5, 5.41) is 0.429. The zero-order chi connectivity index (χ0) is 28.8.